The molecule has 1 unspecified atom stereocenters. The van der Waals surface area contributed by atoms with Crippen molar-refractivity contribution in [2.75, 3.05) is 6.54 Å². The number of hydrogen-bond donors (Lipinski definition) is 1. The van der Waals surface area contributed by atoms with E-state index in [0.29, 0.717) is 5.92 Å². The largest absolute Gasteiger partial charge is 0.330 e. The smallest absolute Gasteiger partial charge is 0.0175 e. The third-order valence-electron chi connectivity index (χ3n) is 1.90. The van der Waals surface area contributed by atoms with Crippen molar-refractivity contribution in [2.45, 2.75) is 13.3 Å². The molecule has 1 atom stereocenters. The summed E-state index contributed by atoms with van der Waals surface area (Å²) in [5.41, 5.74) is 6.90. The lowest BCUT2D eigenvalue weighted by atomic mass is 10.0. The van der Waals surface area contributed by atoms with E-state index in [1.165, 1.54) is 5.56 Å². The number of rotatable bonds is 3. The molecule has 0 saturated heterocycles. The highest BCUT2D eigenvalue weighted by Crippen LogP contribution is 2.13. The number of hydrogen-bond acceptors (Lipinski definition) is 1. The summed E-state index contributed by atoms with van der Waals surface area (Å²) < 4.78 is 1.13. The molecule has 1 aromatic carbocycles. The van der Waals surface area contributed by atoms with Gasteiger partial charge in [0.25, 0.3) is 0 Å². The molecule has 0 aromatic heterocycles. The minimum atomic E-state index is 0.575. The van der Waals surface area contributed by atoms with Gasteiger partial charge >= 0.3 is 0 Å². The van der Waals surface area contributed by atoms with Gasteiger partial charge in [0.05, 0.1) is 0 Å². The van der Waals surface area contributed by atoms with E-state index in [-0.39, 0.29) is 0 Å². The first kappa shape index (κ1) is 9.75. The normalized spacial score (nSPS) is 12.9. The summed E-state index contributed by atoms with van der Waals surface area (Å²) in [5.74, 6) is 0.575. The van der Waals surface area contributed by atoms with E-state index in [9.17, 15) is 0 Å². The van der Waals surface area contributed by atoms with Gasteiger partial charge in [-0.3, -0.25) is 0 Å². The molecule has 1 rings (SSSR count). The van der Waals surface area contributed by atoms with Crippen LogP contribution in [-0.4, -0.2) is 6.54 Å². The van der Waals surface area contributed by atoms with Gasteiger partial charge in [-0.1, -0.05) is 35.0 Å². The summed E-state index contributed by atoms with van der Waals surface area (Å²) in [6.07, 6.45) is 1.07. The Bertz CT molecular complexity index is 230. The minimum Gasteiger partial charge on any atom is -0.330 e. The van der Waals surface area contributed by atoms with E-state index in [1.54, 1.807) is 0 Å². The Morgan fingerprint density at radius 3 is 2.42 bits per heavy atom. The zero-order valence-electron chi connectivity index (χ0n) is 7.26. The van der Waals surface area contributed by atoms with Crippen LogP contribution in [0.15, 0.2) is 28.7 Å². The molecule has 66 valence electrons. The highest BCUT2D eigenvalue weighted by molar-refractivity contribution is 9.10. The summed E-state index contributed by atoms with van der Waals surface area (Å²) in [4.78, 5) is 0. The molecule has 0 amide bonds. The van der Waals surface area contributed by atoms with Crippen LogP contribution in [-0.2, 0) is 6.42 Å². The lowest BCUT2D eigenvalue weighted by Crippen LogP contribution is -2.12. The second-order valence-electron chi connectivity index (χ2n) is 3.17. The Morgan fingerprint density at radius 2 is 1.92 bits per heavy atom. The molecule has 1 aromatic rings. The molecule has 0 bridgehead atoms. The van der Waals surface area contributed by atoms with E-state index >= 15 is 0 Å². The van der Waals surface area contributed by atoms with Crippen LogP contribution in [0.25, 0.3) is 0 Å². The first-order valence-corrected chi connectivity index (χ1v) is 4.96. The Labute approximate surface area is 82.1 Å². The predicted molar refractivity (Wildman–Crippen MR) is 56.1 cm³/mol. The first-order valence-electron chi connectivity index (χ1n) is 4.17. The molecular weight excluding hydrogens is 214 g/mol. The van der Waals surface area contributed by atoms with Crippen molar-refractivity contribution in [3.8, 4) is 0 Å². The lowest BCUT2D eigenvalue weighted by molar-refractivity contribution is 0.593. The van der Waals surface area contributed by atoms with Crippen LogP contribution in [0.4, 0.5) is 0 Å². The van der Waals surface area contributed by atoms with Gasteiger partial charge in [-0.05, 0) is 36.6 Å². The second-order valence-corrected chi connectivity index (χ2v) is 4.09. The van der Waals surface area contributed by atoms with Crippen molar-refractivity contribution in [2.24, 2.45) is 11.7 Å². The van der Waals surface area contributed by atoms with Gasteiger partial charge in [0.15, 0.2) is 0 Å². The van der Waals surface area contributed by atoms with Crippen molar-refractivity contribution in [1.29, 1.82) is 0 Å². The zero-order valence-corrected chi connectivity index (χ0v) is 8.84. The second kappa shape index (κ2) is 4.63. The quantitative estimate of drug-likeness (QED) is 0.845. The molecule has 0 aliphatic carbocycles. The third kappa shape index (κ3) is 2.95. The van der Waals surface area contributed by atoms with Crippen molar-refractivity contribution in [3.63, 3.8) is 0 Å². The summed E-state index contributed by atoms with van der Waals surface area (Å²) in [6, 6.07) is 8.41. The summed E-state index contributed by atoms with van der Waals surface area (Å²) in [5, 5.41) is 0. The van der Waals surface area contributed by atoms with E-state index in [4.69, 9.17) is 5.73 Å². The van der Waals surface area contributed by atoms with Gasteiger partial charge in [-0.2, -0.15) is 0 Å². The Hall–Kier alpha value is -0.340. The van der Waals surface area contributed by atoms with E-state index in [0.717, 1.165) is 17.4 Å². The van der Waals surface area contributed by atoms with Gasteiger partial charge in [0.1, 0.15) is 0 Å². The van der Waals surface area contributed by atoms with Gasteiger partial charge in [0.2, 0.25) is 0 Å². The average molecular weight is 228 g/mol. The summed E-state index contributed by atoms with van der Waals surface area (Å²) in [6.45, 7) is 2.93. The molecule has 2 N–H and O–H groups in total. The highest BCUT2D eigenvalue weighted by atomic mass is 79.9. The van der Waals surface area contributed by atoms with Crippen LogP contribution in [0.2, 0.25) is 0 Å². The Morgan fingerprint density at radius 1 is 1.33 bits per heavy atom. The molecule has 0 heterocycles. The number of nitrogens with two attached hydrogens (primary N) is 1. The molecule has 0 aliphatic rings. The molecule has 0 radical (unpaired) electrons. The molecule has 2 heteroatoms. The predicted octanol–water partition coefficient (Wildman–Crippen LogP) is 2.59. The first-order chi connectivity index (χ1) is 5.72. The summed E-state index contributed by atoms with van der Waals surface area (Å²) >= 11 is 3.40. The van der Waals surface area contributed by atoms with Crippen LogP contribution in [0.5, 0.6) is 0 Å². The van der Waals surface area contributed by atoms with Crippen molar-refractivity contribution in [3.05, 3.63) is 34.3 Å². The SMILES string of the molecule is CC(CN)Cc1ccc(Br)cc1. The fraction of sp³-hybridized carbons (Fsp3) is 0.400. The van der Waals surface area contributed by atoms with Crippen molar-refractivity contribution in [1.82, 2.24) is 0 Å². The van der Waals surface area contributed by atoms with Gasteiger partial charge in [0, 0.05) is 4.47 Å². The van der Waals surface area contributed by atoms with Crippen molar-refractivity contribution < 1.29 is 0 Å². The molecule has 0 spiro atoms. The zero-order chi connectivity index (χ0) is 8.97. The molecule has 12 heavy (non-hydrogen) atoms. The fourth-order valence-electron chi connectivity index (χ4n) is 1.11. The molecule has 0 saturated carbocycles. The maximum absolute atomic E-state index is 5.54. The van der Waals surface area contributed by atoms with Crippen LogP contribution in [0.1, 0.15) is 12.5 Å². The maximum Gasteiger partial charge on any atom is 0.0175 e. The standard InChI is InChI=1S/C10H14BrN/c1-8(7-12)6-9-2-4-10(11)5-3-9/h2-5,8H,6-7,12H2,1H3. The lowest BCUT2D eigenvalue weighted by Gasteiger charge is -2.07. The summed E-state index contributed by atoms with van der Waals surface area (Å²) in [7, 11) is 0. The van der Waals surface area contributed by atoms with E-state index in [2.05, 4.69) is 47.1 Å². The third-order valence-corrected chi connectivity index (χ3v) is 2.43. The van der Waals surface area contributed by atoms with Crippen LogP contribution < -0.4 is 5.73 Å². The van der Waals surface area contributed by atoms with E-state index in [1.807, 2.05) is 0 Å². The maximum atomic E-state index is 5.54. The molecular formula is C10H14BrN. The van der Waals surface area contributed by atoms with Gasteiger partial charge < -0.3 is 5.73 Å². The monoisotopic (exact) mass is 227 g/mol. The van der Waals surface area contributed by atoms with E-state index < -0.39 is 0 Å². The molecule has 0 aliphatic heterocycles. The van der Waals surface area contributed by atoms with Crippen LogP contribution >= 0.6 is 15.9 Å². The van der Waals surface area contributed by atoms with Crippen LogP contribution in [0, 0.1) is 5.92 Å². The topological polar surface area (TPSA) is 26.0 Å². The average Bonchev–Trinajstić information content (AvgIpc) is 2.09. The molecule has 1 nitrogen and oxygen atoms in total. The number of benzene rings is 1. The van der Waals surface area contributed by atoms with Gasteiger partial charge in [-0.25, -0.2) is 0 Å². The molecule has 0 fully saturated rings. The van der Waals surface area contributed by atoms with Gasteiger partial charge in [-0.15, -0.1) is 0 Å². The van der Waals surface area contributed by atoms with Crippen molar-refractivity contribution >= 4 is 15.9 Å². The highest BCUT2D eigenvalue weighted by Gasteiger charge is 2.00. The fourth-order valence-corrected chi connectivity index (χ4v) is 1.37. The number of halogens is 1. The minimum absolute atomic E-state index is 0.575. The Kier molecular flexibility index (Phi) is 3.76. The Balaban J connectivity index is 2.58. The van der Waals surface area contributed by atoms with Crippen LogP contribution in [0.3, 0.4) is 0 Å².